The van der Waals surface area contributed by atoms with E-state index in [2.05, 4.69) is 5.32 Å². The average molecular weight is 263 g/mol. The summed E-state index contributed by atoms with van der Waals surface area (Å²) in [5.41, 5.74) is 3.55. The van der Waals surface area contributed by atoms with E-state index < -0.39 is 0 Å². The van der Waals surface area contributed by atoms with Crippen molar-refractivity contribution in [2.45, 2.75) is 64.8 Å². The van der Waals surface area contributed by atoms with Gasteiger partial charge in [0.15, 0.2) is 0 Å². The van der Waals surface area contributed by atoms with E-state index in [1.807, 2.05) is 13.8 Å². The van der Waals surface area contributed by atoms with Gasteiger partial charge in [-0.3, -0.25) is 0 Å². The summed E-state index contributed by atoms with van der Waals surface area (Å²) in [6.45, 7) is 5.22. The molecule has 0 unspecified atom stereocenters. The monoisotopic (exact) mass is 263 g/mol. The Labute approximate surface area is 116 Å². The third-order valence-corrected chi connectivity index (χ3v) is 4.02. The summed E-state index contributed by atoms with van der Waals surface area (Å²) in [6.07, 6.45) is 8.94. The van der Waals surface area contributed by atoms with Gasteiger partial charge in [-0.2, -0.15) is 0 Å². The predicted octanol–water partition coefficient (Wildman–Crippen LogP) is 4.30. The minimum atomic E-state index is -0.107. The summed E-state index contributed by atoms with van der Waals surface area (Å²) in [4.78, 5) is 0. The number of unbranched alkanes of at least 4 members (excludes halogenated alkanes) is 3. The first-order chi connectivity index (χ1) is 9.16. The lowest BCUT2D eigenvalue weighted by molar-refractivity contribution is 0.584. The molecule has 1 fully saturated rings. The molecule has 0 saturated heterocycles. The first kappa shape index (κ1) is 14.5. The summed E-state index contributed by atoms with van der Waals surface area (Å²) >= 11 is 0. The molecule has 0 heterocycles. The van der Waals surface area contributed by atoms with Crippen LogP contribution < -0.4 is 5.32 Å². The van der Waals surface area contributed by atoms with Gasteiger partial charge >= 0.3 is 0 Å². The second-order valence-electron chi connectivity index (χ2n) is 5.91. The van der Waals surface area contributed by atoms with Gasteiger partial charge in [0.2, 0.25) is 0 Å². The highest BCUT2D eigenvalue weighted by molar-refractivity contribution is 5.34. The number of halogens is 1. The van der Waals surface area contributed by atoms with Gasteiger partial charge in [-0.15, -0.1) is 0 Å². The standard InChI is InChI=1S/C17H26FN/c1-13-11-15(18)12-14(2)17(13)7-5-3-4-6-10-19-16-8-9-16/h11-12,16,19H,3-10H2,1-2H3. The molecular formula is C17H26FN. The van der Waals surface area contributed by atoms with E-state index in [9.17, 15) is 4.39 Å². The molecule has 1 nitrogen and oxygen atoms in total. The van der Waals surface area contributed by atoms with Gasteiger partial charge in [0.05, 0.1) is 0 Å². The van der Waals surface area contributed by atoms with Crippen LogP contribution in [0, 0.1) is 19.7 Å². The van der Waals surface area contributed by atoms with Crippen LogP contribution in [0.3, 0.4) is 0 Å². The van der Waals surface area contributed by atoms with Crippen LogP contribution >= 0.6 is 0 Å². The molecule has 0 bridgehead atoms. The van der Waals surface area contributed by atoms with Crippen LogP contribution in [0.5, 0.6) is 0 Å². The number of hydrogen-bond donors (Lipinski definition) is 1. The first-order valence-electron chi connectivity index (χ1n) is 7.66. The number of nitrogens with one attached hydrogen (secondary N) is 1. The molecule has 1 aliphatic carbocycles. The summed E-state index contributed by atoms with van der Waals surface area (Å²) < 4.78 is 13.2. The lowest BCUT2D eigenvalue weighted by atomic mass is 9.97. The van der Waals surface area contributed by atoms with E-state index in [0.717, 1.165) is 23.6 Å². The second kappa shape index (κ2) is 7.04. The quantitative estimate of drug-likeness (QED) is 0.690. The fourth-order valence-corrected chi connectivity index (χ4v) is 2.71. The van der Waals surface area contributed by atoms with E-state index in [4.69, 9.17) is 0 Å². The van der Waals surface area contributed by atoms with E-state index in [-0.39, 0.29) is 5.82 Å². The van der Waals surface area contributed by atoms with E-state index in [1.165, 1.54) is 50.6 Å². The molecule has 0 spiro atoms. The van der Waals surface area contributed by atoms with E-state index >= 15 is 0 Å². The Balaban J connectivity index is 1.62. The molecule has 19 heavy (non-hydrogen) atoms. The van der Waals surface area contributed by atoms with Crippen molar-refractivity contribution in [2.75, 3.05) is 6.54 Å². The lowest BCUT2D eigenvalue weighted by Crippen LogP contribution is -2.17. The first-order valence-corrected chi connectivity index (χ1v) is 7.66. The number of hydrogen-bond acceptors (Lipinski definition) is 1. The molecular weight excluding hydrogens is 237 g/mol. The minimum absolute atomic E-state index is 0.107. The Morgan fingerprint density at radius 1 is 1.05 bits per heavy atom. The number of rotatable bonds is 8. The predicted molar refractivity (Wildman–Crippen MR) is 79.1 cm³/mol. The maximum absolute atomic E-state index is 13.2. The fraction of sp³-hybridized carbons (Fsp3) is 0.647. The van der Waals surface area contributed by atoms with Crippen molar-refractivity contribution in [2.24, 2.45) is 0 Å². The molecule has 1 N–H and O–H groups in total. The molecule has 2 heteroatoms. The normalized spacial score (nSPS) is 14.9. The Bertz CT molecular complexity index is 387. The molecule has 0 aliphatic heterocycles. The van der Waals surface area contributed by atoms with Crippen LogP contribution in [0.4, 0.5) is 4.39 Å². The zero-order valence-electron chi connectivity index (χ0n) is 12.3. The van der Waals surface area contributed by atoms with Gasteiger partial charge in [-0.25, -0.2) is 4.39 Å². The molecule has 0 radical (unpaired) electrons. The number of aryl methyl sites for hydroxylation is 2. The van der Waals surface area contributed by atoms with Crippen LogP contribution in [0.2, 0.25) is 0 Å². The van der Waals surface area contributed by atoms with Crippen LogP contribution in [0.25, 0.3) is 0 Å². The highest BCUT2D eigenvalue weighted by atomic mass is 19.1. The molecule has 1 aliphatic rings. The Kier molecular flexibility index (Phi) is 5.38. The topological polar surface area (TPSA) is 12.0 Å². The molecule has 0 aromatic heterocycles. The van der Waals surface area contributed by atoms with Gasteiger partial charge < -0.3 is 5.32 Å². The molecule has 1 aromatic carbocycles. The summed E-state index contributed by atoms with van der Waals surface area (Å²) in [7, 11) is 0. The third kappa shape index (κ3) is 4.94. The van der Waals surface area contributed by atoms with Gasteiger partial charge in [0.25, 0.3) is 0 Å². The average Bonchev–Trinajstić information content (AvgIpc) is 3.14. The smallest absolute Gasteiger partial charge is 0.123 e. The molecule has 106 valence electrons. The minimum Gasteiger partial charge on any atom is -0.314 e. The Hall–Kier alpha value is -0.890. The van der Waals surface area contributed by atoms with Gasteiger partial charge in [-0.1, -0.05) is 12.8 Å². The molecule has 0 atom stereocenters. The summed E-state index contributed by atoms with van der Waals surface area (Å²) in [5, 5.41) is 3.55. The van der Waals surface area contributed by atoms with Crippen LogP contribution in [0.15, 0.2) is 12.1 Å². The van der Waals surface area contributed by atoms with Gasteiger partial charge in [0.1, 0.15) is 5.82 Å². The maximum Gasteiger partial charge on any atom is 0.123 e. The van der Waals surface area contributed by atoms with Crippen molar-refractivity contribution >= 4 is 0 Å². The SMILES string of the molecule is Cc1cc(F)cc(C)c1CCCCCCNC1CC1. The fourth-order valence-electron chi connectivity index (χ4n) is 2.71. The van der Waals surface area contributed by atoms with Crippen molar-refractivity contribution in [1.82, 2.24) is 5.32 Å². The summed E-state index contributed by atoms with van der Waals surface area (Å²) in [5.74, 6) is -0.107. The third-order valence-electron chi connectivity index (χ3n) is 4.02. The summed E-state index contributed by atoms with van der Waals surface area (Å²) in [6, 6.07) is 4.15. The van der Waals surface area contributed by atoms with Crippen LogP contribution in [-0.2, 0) is 6.42 Å². The van der Waals surface area contributed by atoms with Crippen molar-refractivity contribution in [3.8, 4) is 0 Å². The number of benzene rings is 1. The van der Waals surface area contributed by atoms with Gasteiger partial charge in [-0.05, 0) is 81.3 Å². The molecule has 1 saturated carbocycles. The van der Waals surface area contributed by atoms with E-state index in [0.29, 0.717) is 0 Å². The second-order valence-corrected chi connectivity index (χ2v) is 5.91. The Morgan fingerprint density at radius 2 is 1.68 bits per heavy atom. The molecule has 1 aromatic rings. The van der Waals surface area contributed by atoms with Crippen molar-refractivity contribution in [1.29, 1.82) is 0 Å². The highest BCUT2D eigenvalue weighted by Crippen LogP contribution is 2.20. The molecule has 0 amide bonds. The highest BCUT2D eigenvalue weighted by Gasteiger charge is 2.19. The zero-order chi connectivity index (χ0) is 13.7. The largest absolute Gasteiger partial charge is 0.314 e. The van der Waals surface area contributed by atoms with Crippen molar-refractivity contribution < 1.29 is 4.39 Å². The van der Waals surface area contributed by atoms with Crippen LogP contribution in [0.1, 0.15) is 55.2 Å². The van der Waals surface area contributed by atoms with Crippen molar-refractivity contribution in [3.05, 3.63) is 34.6 Å². The Morgan fingerprint density at radius 3 is 2.32 bits per heavy atom. The molecule has 2 rings (SSSR count). The van der Waals surface area contributed by atoms with Crippen LogP contribution in [-0.4, -0.2) is 12.6 Å². The lowest BCUT2D eigenvalue weighted by Gasteiger charge is -2.10. The zero-order valence-corrected chi connectivity index (χ0v) is 12.3. The van der Waals surface area contributed by atoms with Gasteiger partial charge in [0, 0.05) is 6.04 Å². The van der Waals surface area contributed by atoms with Crippen molar-refractivity contribution in [3.63, 3.8) is 0 Å². The maximum atomic E-state index is 13.2. The van der Waals surface area contributed by atoms with E-state index in [1.54, 1.807) is 12.1 Å².